The Bertz CT molecular complexity index is 492. The van der Waals surface area contributed by atoms with E-state index in [0.29, 0.717) is 6.04 Å². The molecule has 0 fully saturated rings. The van der Waals surface area contributed by atoms with Crippen molar-refractivity contribution < 1.29 is 0 Å². The minimum absolute atomic E-state index is 0.453. The first-order valence-electron chi connectivity index (χ1n) is 7.47. The lowest BCUT2D eigenvalue weighted by atomic mass is 10.0. The molecule has 0 saturated carbocycles. The quantitative estimate of drug-likeness (QED) is 0.802. The molecule has 20 heavy (non-hydrogen) atoms. The van der Waals surface area contributed by atoms with Gasteiger partial charge in [0.2, 0.25) is 0 Å². The summed E-state index contributed by atoms with van der Waals surface area (Å²) in [5, 5.41) is 7.81. The van der Waals surface area contributed by atoms with Crippen LogP contribution in [0.4, 0.5) is 0 Å². The average molecular weight is 272 g/mol. The number of rotatable bonds is 8. The summed E-state index contributed by atoms with van der Waals surface area (Å²) in [7, 11) is 0. The molecule has 0 aliphatic heterocycles. The summed E-state index contributed by atoms with van der Waals surface area (Å²) in [6.45, 7) is 6.12. The molecule has 1 aromatic heterocycles. The molecule has 1 aromatic carbocycles. The van der Waals surface area contributed by atoms with Crippen LogP contribution in [-0.4, -0.2) is 27.4 Å². The van der Waals surface area contributed by atoms with Gasteiger partial charge in [-0.1, -0.05) is 37.3 Å². The van der Waals surface area contributed by atoms with Crippen molar-refractivity contribution in [2.24, 2.45) is 0 Å². The second-order valence-corrected chi connectivity index (χ2v) is 4.98. The summed E-state index contributed by atoms with van der Waals surface area (Å²) >= 11 is 0. The van der Waals surface area contributed by atoms with Crippen LogP contribution in [0.2, 0.25) is 0 Å². The van der Waals surface area contributed by atoms with Crippen LogP contribution in [0.15, 0.2) is 36.7 Å². The van der Waals surface area contributed by atoms with Gasteiger partial charge in [-0.25, -0.2) is 4.98 Å². The Morgan fingerprint density at radius 2 is 2.00 bits per heavy atom. The number of nitrogens with zero attached hydrogens (tertiary/aromatic N) is 3. The first-order valence-corrected chi connectivity index (χ1v) is 7.47. The van der Waals surface area contributed by atoms with E-state index in [1.807, 2.05) is 4.68 Å². The van der Waals surface area contributed by atoms with E-state index < -0.39 is 0 Å². The highest BCUT2D eigenvalue weighted by Gasteiger charge is 2.12. The monoisotopic (exact) mass is 272 g/mol. The minimum atomic E-state index is 0.453. The van der Waals surface area contributed by atoms with Crippen LogP contribution in [-0.2, 0) is 19.4 Å². The highest BCUT2D eigenvalue weighted by atomic mass is 15.3. The molecule has 0 radical (unpaired) electrons. The van der Waals surface area contributed by atoms with E-state index in [1.54, 1.807) is 6.33 Å². The van der Waals surface area contributed by atoms with Crippen molar-refractivity contribution in [3.05, 3.63) is 48.0 Å². The molecule has 0 aliphatic carbocycles. The summed E-state index contributed by atoms with van der Waals surface area (Å²) in [5.74, 6) is 1.08. The number of aryl methyl sites for hydroxylation is 2. The van der Waals surface area contributed by atoms with Gasteiger partial charge in [0, 0.05) is 19.0 Å². The molecule has 1 N–H and O–H groups in total. The fourth-order valence-electron chi connectivity index (χ4n) is 2.48. The standard InChI is InChI=1S/C16H24N4/c1-3-17-15(11-10-14-8-6-5-7-9-14)12-16-18-13-19-20(16)4-2/h5-9,13,15,17H,3-4,10-12H2,1-2H3. The van der Waals surface area contributed by atoms with E-state index >= 15 is 0 Å². The Kier molecular flexibility index (Phi) is 5.74. The molecule has 0 aliphatic rings. The van der Waals surface area contributed by atoms with Gasteiger partial charge in [0.15, 0.2) is 0 Å². The highest BCUT2D eigenvalue weighted by Crippen LogP contribution is 2.09. The molecule has 2 aromatic rings. The van der Waals surface area contributed by atoms with E-state index in [2.05, 4.69) is 59.6 Å². The van der Waals surface area contributed by atoms with Crippen molar-refractivity contribution in [2.45, 2.75) is 45.7 Å². The van der Waals surface area contributed by atoms with Crippen molar-refractivity contribution in [1.82, 2.24) is 20.1 Å². The van der Waals surface area contributed by atoms with Crippen molar-refractivity contribution in [1.29, 1.82) is 0 Å². The summed E-state index contributed by atoms with van der Waals surface area (Å²) in [5.41, 5.74) is 1.40. The summed E-state index contributed by atoms with van der Waals surface area (Å²) < 4.78 is 1.98. The maximum absolute atomic E-state index is 4.38. The molecule has 0 bridgehead atoms. The van der Waals surface area contributed by atoms with E-state index in [9.17, 15) is 0 Å². The number of benzene rings is 1. The number of aromatic nitrogens is 3. The molecule has 1 atom stereocenters. The Hall–Kier alpha value is -1.68. The van der Waals surface area contributed by atoms with Crippen LogP contribution >= 0.6 is 0 Å². The van der Waals surface area contributed by atoms with E-state index in [4.69, 9.17) is 0 Å². The van der Waals surface area contributed by atoms with Gasteiger partial charge in [-0.15, -0.1) is 0 Å². The smallest absolute Gasteiger partial charge is 0.138 e. The van der Waals surface area contributed by atoms with Gasteiger partial charge >= 0.3 is 0 Å². The Morgan fingerprint density at radius 3 is 2.70 bits per heavy atom. The molecular weight excluding hydrogens is 248 g/mol. The Labute approximate surface area is 121 Å². The predicted molar refractivity (Wildman–Crippen MR) is 81.6 cm³/mol. The molecule has 0 saturated heterocycles. The first-order chi connectivity index (χ1) is 9.83. The van der Waals surface area contributed by atoms with Crippen molar-refractivity contribution in [3.63, 3.8) is 0 Å². The van der Waals surface area contributed by atoms with Gasteiger partial charge in [0.1, 0.15) is 12.2 Å². The maximum Gasteiger partial charge on any atom is 0.138 e. The summed E-state index contributed by atoms with van der Waals surface area (Å²) in [6.07, 6.45) is 4.81. The summed E-state index contributed by atoms with van der Waals surface area (Å²) in [4.78, 5) is 4.38. The van der Waals surface area contributed by atoms with E-state index in [1.165, 1.54) is 5.56 Å². The van der Waals surface area contributed by atoms with Crippen molar-refractivity contribution in [3.8, 4) is 0 Å². The molecule has 108 valence electrons. The zero-order valence-corrected chi connectivity index (χ0v) is 12.4. The zero-order valence-electron chi connectivity index (χ0n) is 12.4. The van der Waals surface area contributed by atoms with E-state index in [0.717, 1.165) is 38.2 Å². The highest BCUT2D eigenvalue weighted by molar-refractivity contribution is 5.14. The zero-order chi connectivity index (χ0) is 14.2. The van der Waals surface area contributed by atoms with Crippen molar-refractivity contribution in [2.75, 3.05) is 6.54 Å². The average Bonchev–Trinajstić information content (AvgIpc) is 2.93. The fourth-order valence-corrected chi connectivity index (χ4v) is 2.48. The third-order valence-electron chi connectivity index (χ3n) is 3.54. The van der Waals surface area contributed by atoms with Crippen LogP contribution in [0.1, 0.15) is 31.7 Å². The number of hydrogen-bond acceptors (Lipinski definition) is 3. The fraction of sp³-hybridized carbons (Fsp3) is 0.500. The van der Waals surface area contributed by atoms with Crippen molar-refractivity contribution >= 4 is 0 Å². The van der Waals surface area contributed by atoms with Crippen LogP contribution < -0.4 is 5.32 Å². The molecule has 4 heteroatoms. The molecule has 4 nitrogen and oxygen atoms in total. The Balaban J connectivity index is 1.93. The second-order valence-electron chi connectivity index (χ2n) is 4.98. The summed E-state index contributed by atoms with van der Waals surface area (Å²) in [6, 6.07) is 11.1. The topological polar surface area (TPSA) is 42.7 Å². The lowest BCUT2D eigenvalue weighted by Gasteiger charge is -2.17. The molecule has 1 unspecified atom stereocenters. The van der Waals surface area contributed by atoms with Crippen LogP contribution in [0, 0.1) is 0 Å². The van der Waals surface area contributed by atoms with Gasteiger partial charge in [0.05, 0.1) is 0 Å². The van der Waals surface area contributed by atoms with Crippen LogP contribution in [0.25, 0.3) is 0 Å². The predicted octanol–water partition coefficient (Wildman–Crippen LogP) is 2.45. The van der Waals surface area contributed by atoms with Gasteiger partial charge in [-0.3, -0.25) is 4.68 Å². The first kappa shape index (κ1) is 14.7. The molecule has 0 spiro atoms. The third kappa shape index (κ3) is 4.17. The van der Waals surface area contributed by atoms with Crippen LogP contribution in [0.5, 0.6) is 0 Å². The number of hydrogen-bond donors (Lipinski definition) is 1. The normalized spacial score (nSPS) is 12.5. The molecule has 2 rings (SSSR count). The maximum atomic E-state index is 4.38. The molecule has 0 amide bonds. The molecular formula is C16H24N4. The van der Waals surface area contributed by atoms with Gasteiger partial charge < -0.3 is 5.32 Å². The number of nitrogens with one attached hydrogen (secondary N) is 1. The minimum Gasteiger partial charge on any atom is -0.314 e. The van der Waals surface area contributed by atoms with Gasteiger partial charge in [-0.2, -0.15) is 5.10 Å². The lowest BCUT2D eigenvalue weighted by Crippen LogP contribution is -2.32. The largest absolute Gasteiger partial charge is 0.314 e. The van der Waals surface area contributed by atoms with Crippen LogP contribution in [0.3, 0.4) is 0 Å². The van der Waals surface area contributed by atoms with E-state index in [-0.39, 0.29) is 0 Å². The third-order valence-corrected chi connectivity index (χ3v) is 3.54. The number of likely N-dealkylation sites (N-methyl/N-ethyl adjacent to an activating group) is 1. The SMILES string of the molecule is CCNC(CCc1ccccc1)Cc1ncnn1CC. The second kappa shape index (κ2) is 7.80. The molecule has 1 heterocycles. The lowest BCUT2D eigenvalue weighted by molar-refractivity contribution is 0.466. The Morgan fingerprint density at radius 1 is 1.20 bits per heavy atom. The van der Waals surface area contributed by atoms with Gasteiger partial charge in [0.25, 0.3) is 0 Å². The van der Waals surface area contributed by atoms with Gasteiger partial charge in [-0.05, 0) is 31.9 Å².